The molecule has 0 saturated heterocycles. The molecule has 0 unspecified atom stereocenters. The third-order valence-electron chi connectivity index (χ3n) is 4.17. The summed E-state index contributed by atoms with van der Waals surface area (Å²) in [6.45, 7) is 0.141. The molecule has 28 heavy (non-hydrogen) atoms. The van der Waals surface area contributed by atoms with Crippen molar-refractivity contribution in [2.75, 3.05) is 39.8 Å². The minimum Gasteiger partial charge on any atom is -0.496 e. The maximum absolute atomic E-state index is 12.2. The number of ether oxygens (including phenoxy) is 2. The van der Waals surface area contributed by atoms with Crippen LogP contribution in [-0.2, 0) is 20.9 Å². The van der Waals surface area contributed by atoms with Gasteiger partial charge in [-0.05, 0) is 29.8 Å². The monoisotopic (exact) mass is 382 g/mol. The SMILES string of the molecule is COc1ccccc1/C=C/C(=O)OCC(=O)N(C)Cc1ccc(N(C)C)cc1. The fourth-order valence-corrected chi connectivity index (χ4v) is 2.51. The van der Waals surface area contributed by atoms with Crippen molar-refractivity contribution in [3.05, 3.63) is 65.7 Å². The quantitative estimate of drug-likeness (QED) is 0.519. The molecule has 0 N–H and O–H groups in total. The van der Waals surface area contributed by atoms with E-state index in [1.165, 1.54) is 11.0 Å². The first-order valence-corrected chi connectivity index (χ1v) is 8.89. The van der Waals surface area contributed by atoms with E-state index in [1.807, 2.05) is 61.5 Å². The maximum atomic E-state index is 12.2. The summed E-state index contributed by atoms with van der Waals surface area (Å²) in [4.78, 5) is 27.6. The van der Waals surface area contributed by atoms with E-state index in [0.29, 0.717) is 12.3 Å². The average Bonchev–Trinajstić information content (AvgIpc) is 2.70. The predicted molar refractivity (Wildman–Crippen MR) is 110 cm³/mol. The van der Waals surface area contributed by atoms with E-state index in [2.05, 4.69) is 0 Å². The third kappa shape index (κ3) is 6.16. The van der Waals surface area contributed by atoms with Crippen LogP contribution in [0.3, 0.4) is 0 Å². The lowest BCUT2D eigenvalue weighted by Gasteiger charge is -2.18. The number of esters is 1. The van der Waals surface area contributed by atoms with E-state index in [-0.39, 0.29) is 12.5 Å². The number of hydrogen-bond donors (Lipinski definition) is 0. The molecule has 2 aromatic carbocycles. The van der Waals surface area contributed by atoms with Crippen molar-refractivity contribution in [2.24, 2.45) is 0 Å². The van der Waals surface area contributed by atoms with Crippen LogP contribution in [0.25, 0.3) is 6.08 Å². The number of carbonyl (C=O) groups excluding carboxylic acids is 2. The number of methoxy groups -OCH3 is 1. The van der Waals surface area contributed by atoms with Crippen LogP contribution in [0.4, 0.5) is 5.69 Å². The van der Waals surface area contributed by atoms with Crippen LogP contribution in [0.2, 0.25) is 0 Å². The molecule has 0 bridgehead atoms. The summed E-state index contributed by atoms with van der Waals surface area (Å²) in [7, 11) is 7.19. The first-order valence-electron chi connectivity index (χ1n) is 8.89. The highest BCUT2D eigenvalue weighted by Crippen LogP contribution is 2.18. The van der Waals surface area contributed by atoms with Gasteiger partial charge in [0.05, 0.1) is 7.11 Å². The molecule has 2 rings (SSSR count). The summed E-state index contributed by atoms with van der Waals surface area (Å²) in [6.07, 6.45) is 2.88. The number of rotatable bonds is 8. The van der Waals surface area contributed by atoms with Gasteiger partial charge in [0, 0.05) is 45.0 Å². The molecule has 0 aliphatic carbocycles. The van der Waals surface area contributed by atoms with E-state index >= 15 is 0 Å². The van der Waals surface area contributed by atoms with Crippen molar-refractivity contribution in [2.45, 2.75) is 6.54 Å². The zero-order valence-electron chi connectivity index (χ0n) is 16.7. The molecule has 0 radical (unpaired) electrons. The molecule has 0 fully saturated rings. The van der Waals surface area contributed by atoms with E-state index in [0.717, 1.165) is 16.8 Å². The number of para-hydroxylation sites is 1. The van der Waals surface area contributed by atoms with Crippen LogP contribution in [0.15, 0.2) is 54.6 Å². The van der Waals surface area contributed by atoms with Gasteiger partial charge in [-0.15, -0.1) is 0 Å². The summed E-state index contributed by atoms with van der Waals surface area (Å²) in [5, 5.41) is 0. The summed E-state index contributed by atoms with van der Waals surface area (Å²) in [5.41, 5.74) is 2.85. The molecular formula is C22H26N2O4. The van der Waals surface area contributed by atoms with Gasteiger partial charge in [0.1, 0.15) is 5.75 Å². The predicted octanol–water partition coefficient (Wildman–Crippen LogP) is 2.98. The fraction of sp³-hybridized carbons (Fsp3) is 0.273. The first-order chi connectivity index (χ1) is 13.4. The number of likely N-dealkylation sites (N-methyl/N-ethyl adjacent to an activating group) is 1. The second-order valence-electron chi connectivity index (χ2n) is 6.49. The Morgan fingerprint density at radius 2 is 1.68 bits per heavy atom. The van der Waals surface area contributed by atoms with Crippen LogP contribution in [0.1, 0.15) is 11.1 Å². The lowest BCUT2D eigenvalue weighted by Crippen LogP contribution is -2.30. The van der Waals surface area contributed by atoms with Crippen molar-refractivity contribution < 1.29 is 19.1 Å². The molecule has 0 spiro atoms. The van der Waals surface area contributed by atoms with Crippen LogP contribution >= 0.6 is 0 Å². The Bertz CT molecular complexity index is 829. The highest BCUT2D eigenvalue weighted by molar-refractivity contribution is 5.89. The third-order valence-corrected chi connectivity index (χ3v) is 4.17. The van der Waals surface area contributed by atoms with Crippen LogP contribution in [-0.4, -0.2) is 51.6 Å². The van der Waals surface area contributed by atoms with Crippen LogP contribution < -0.4 is 9.64 Å². The Morgan fingerprint density at radius 3 is 2.32 bits per heavy atom. The lowest BCUT2D eigenvalue weighted by atomic mass is 10.2. The number of nitrogens with zero attached hydrogens (tertiary/aromatic N) is 2. The van der Waals surface area contributed by atoms with E-state index in [4.69, 9.17) is 9.47 Å². The average molecular weight is 382 g/mol. The molecule has 0 atom stereocenters. The number of anilines is 1. The van der Waals surface area contributed by atoms with Gasteiger partial charge in [0.2, 0.25) is 0 Å². The van der Waals surface area contributed by atoms with Gasteiger partial charge in [0.15, 0.2) is 6.61 Å². The second-order valence-corrected chi connectivity index (χ2v) is 6.49. The van der Waals surface area contributed by atoms with Gasteiger partial charge < -0.3 is 19.3 Å². The molecule has 0 aliphatic heterocycles. The normalized spacial score (nSPS) is 10.6. The van der Waals surface area contributed by atoms with Gasteiger partial charge in [-0.25, -0.2) is 4.79 Å². The Kier molecular flexibility index (Phi) is 7.63. The van der Waals surface area contributed by atoms with Gasteiger partial charge in [-0.2, -0.15) is 0 Å². The van der Waals surface area contributed by atoms with Crippen molar-refractivity contribution in [3.63, 3.8) is 0 Å². The van der Waals surface area contributed by atoms with Crippen molar-refractivity contribution in [3.8, 4) is 5.75 Å². The zero-order valence-corrected chi connectivity index (χ0v) is 16.7. The lowest BCUT2D eigenvalue weighted by molar-refractivity contribution is -0.147. The fourth-order valence-electron chi connectivity index (χ4n) is 2.51. The Morgan fingerprint density at radius 1 is 1.00 bits per heavy atom. The number of amides is 1. The molecule has 6 nitrogen and oxygen atoms in total. The summed E-state index contributed by atoms with van der Waals surface area (Å²) >= 11 is 0. The minimum absolute atomic E-state index is 0.268. The second kappa shape index (κ2) is 10.2. The molecule has 2 aromatic rings. The van der Waals surface area contributed by atoms with E-state index in [9.17, 15) is 9.59 Å². The Balaban J connectivity index is 1.83. The van der Waals surface area contributed by atoms with E-state index < -0.39 is 5.97 Å². The van der Waals surface area contributed by atoms with Crippen molar-refractivity contribution >= 4 is 23.6 Å². The molecule has 148 valence electrons. The molecule has 0 aromatic heterocycles. The number of carbonyl (C=O) groups is 2. The molecule has 1 amide bonds. The van der Waals surface area contributed by atoms with Crippen LogP contribution in [0.5, 0.6) is 5.75 Å². The topological polar surface area (TPSA) is 59.1 Å². The summed E-state index contributed by atoms with van der Waals surface area (Å²) in [6, 6.07) is 15.3. The zero-order chi connectivity index (χ0) is 20.5. The summed E-state index contributed by atoms with van der Waals surface area (Å²) in [5.74, 6) is -0.193. The molecule has 0 saturated carbocycles. The van der Waals surface area contributed by atoms with Gasteiger partial charge in [0.25, 0.3) is 5.91 Å². The first kappa shape index (κ1) is 21.0. The van der Waals surface area contributed by atoms with Gasteiger partial charge in [-0.3, -0.25) is 4.79 Å². The molecular weight excluding hydrogens is 356 g/mol. The maximum Gasteiger partial charge on any atom is 0.331 e. The standard InChI is InChI=1S/C22H26N2O4/c1-23(2)19-12-9-17(10-13-19)15-24(3)21(25)16-28-22(26)14-11-18-7-5-6-8-20(18)27-4/h5-14H,15-16H2,1-4H3/b14-11+. The molecule has 0 heterocycles. The Hall–Kier alpha value is -3.28. The molecule has 6 heteroatoms. The smallest absolute Gasteiger partial charge is 0.331 e. The molecule has 0 aliphatic rings. The van der Waals surface area contributed by atoms with E-state index in [1.54, 1.807) is 26.3 Å². The number of hydrogen-bond acceptors (Lipinski definition) is 5. The van der Waals surface area contributed by atoms with Crippen molar-refractivity contribution in [1.29, 1.82) is 0 Å². The Labute approximate surface area is 166 Å². The van der Waals surface area contributed by atoms with Crippen molar-refractivity contribution in [1.82, 2.24) is 4.90 Å². The largest absolute Gasteiger partial charge is 0.496 e. The summed E-state index contributed by atoms with van der Waals surface area (Å²) < 4.78 is 10.3. The highest BCUT2D eigenvalue weighted by atomic mass is 16.5. The van der Waals surface area contributed by atoms with Crippen LogP contribution in [0, 0.1) is 0 Å². The number of benzene rings is 2. The minimum atomic E-state index is -0.581. The van der Waals surface area contributed by atoms with Gasteiger partial charge in [-0.1, -0.05) is 30.3 Å². The highest BCUT2D eigenvalue weighted by Gasteiger charge is 2.12. The van der Waals surface area contributed by atoms with Gasteiger partial charge >= 0.3 is 5.97 Å².